The molecule has 1 nitrogen and oxygen atoms in total. The van der Waals surface area contributed by atoms with Crippen molar-refractivity contribution in [2.24, 2.45) is 0 Å². The molecule has 0 aromatic heterocycles. The number of rotatable bonds is 1. The van der Waals surface area contributed by atoms with Gasteiger partial charge >= 0.3 is 0 Å². The van der Waals surface area contributed by atoms with Crippen LogP contribution in [0, 0.1) is 6.92 Å². The van der Waals surface area contributed by atoms with E-state index in [-0.39, 0.29) is 0 Å². The van der Waals surface area contributed by atoms with E-state index < -0.39 is 6.10 Å². The van der Waals surface area contributed by atoms with E-state index in [0.717, 1.165) is 20.1 Å². The minimum Gasteiger partial charge on any atom is -0.389 e. The summed E-state index contributed by atoms with van der Waals surface area (Å²) in [5, 5.41) is 9.37. The van der Waals surface area contributed by atoms with Gasteiger partial charge in [0, 0.05) is 8.95 Å². The maximum atomic E-state index is 9.37. The number of hydrogen-bond acceptors (Lipinski definition) is 1. The van der Waals surface area contributed by atoms with Crippen LogP contribution in [0.25, 0.3) is 0 Å². The molecule has 0 spiro atoms. The number of benzene rings is 1. The Morgan fingerprint density at radius 2 is 1.83 bits per heavy atom. The molecule has 1 rings (SSSR count). The Morgan fingerprint density at radius 1 is 1.25 bits per heavy atom. The molecule has 0 heterocycles. The van der Waals surface area contributed by atoms with Crippen molar-refractivity contribution in [3.05, 3.63) is 32.2 Å². The van der Waals surface area contributed by atoms with E-state index in [9.17, 15) is 5.11 Å². The van der Waals surface area contributed by atoms with Crippen LogP contribution < -0.4 is 0 Å². The Kier molecular flexibility index (Phi) is 3.32. The fourth-order valence-electron chi connectivity index (χ4n) is 0.982. The van der Waals surface area contributed by atoms with Gasteiger partial charge in [-0.25, -0.2) is 0 Å². The van der Waals surface area contributed by atoms with Crippen molar-refractivity contribution < 1.29 is 5.11 Å². The Morgan fingerprint density at radius 3 is 2.33 bits per heavy atom. The molecule has 0 saturated carbocycles. The van der Waals surface area contributed by atoms with Crippen LogP contribution in [0.15, 0.2) is 21.1 Å². The van der Waals surface area contributed by atoms with Crippen LogP contribution in [0.3, 0.4) is 0 Å². The first-order valence-corrected chi connectivity index (χ1v) is 5.24. The van der Waals surface area contributed by atoms with Crippen molar-refractivity contribution in [2.45, 2.75) is 20.0 Å². The summed E-state index contributed by atoms with van der Waals surface area (Å²) in [5.74, 6) is 0. The van der Waals surface area contributed by atoms with Crippen molar-refractivity contribution in [3.8, 4) is 0 Å². The summed E-state index contributed by atoms with van der Waals surface area (Å²) >= 11 is 6.82. The second-order valence-corrected chi connectivity index (χ2v) is 4.51. The lowest BCUT2D eigenvalue weighted by Crippen LogP contribution is -1.93. The fourth-order valence-corrected chi connectivity index (χ4v) is 2.13. The highest BCUT2D eigenvalue weighted by Crippen LogP contribution is 2.29. The quantitative estimate of drug-likeness (QED) is 0.839. The van der Waals surface area contributed by atoms with Gasteiger partial charge in [0.15, 0.2) is 0 Å². The normalized spacial score (nSPS) is 13.1. The van der Waals surface area contributed by atoms with Crippen LogP contribution in [-0.2, 0) is 0 Å². The number of aliphatic hydroxyl groups excluding tert-OH is 1. The van der Waals surface area contributed by atoms with E-state index >= 15 is 0 Å². The van der Waals surface area contributed by atoms with Gasteiger partial charge in [0.05, 0.1) is 6.10 Å². The second kappa shape index (κ2) is 3.90. The average molecular weight is 294 g/mol. The van der Waals surface area contributed by atoms with Crippen LogP contribution in [0.2, 0.25) is 0 Å². The molecule has 0 aliphatic carbocycles. The first-order chi connectivity index (χ1) is 5.52. The van der Waals surface area contributed by atoms with Gasteiger partial charge in [-0.05, 0) is 37.1 Å². The van der Waals surface area contributed by atoms with Gasteiger partial charge < -0.3 is 5.11 Å². The van der Waals surface area contributed by atoms with Crippen LogP contribution in [0.5, 0.6) is 0 Å². The molecule has 0 radical (unpaired) electrons. The standard InChI is InChI=1S/C9H10Br2O/c1-5-3-9(11)7(6(2)12)4-8(5)10/h3-4,6,12H,1-2H3/t6-/m1/s1. The SMILES string of the molecule is Cc1cc(Br)c([C@@H](C)O)cc1Br. The topological polar surface area (TPSA) is 20.2 Å². The lowest BCUT2D eigenvalue weighted by Gasteiger charge is -2.09. The van der Waals surface area contributed by atoms with Gasteiger partial charge in [-0.1, -0.05) is 31.9 Å². The van der Waals surface area contributed by atoms with E-state index in [1.165, 1.54) is 0 Å². The Bertz CT molecular complexity index is 295. The third-order valence-corrected chi connectivity index (χ3v) is 3.27. The average Bonchev–Trinajstić information content (AvgIpc) is 1.96. The van der Waals surface area contributed by atoms with E-state index in [2.05, 4.69) is 31.9 Å². The molecule has 0 amide bonds. The minimum atomic E-state index is -0.434. The van der Waals surface area contributed by atoms with Crippen molar-refractivity contribution in [3.63, 3.8) is 0 Å². The van der Waals surface area contributed by atoms with Gasteiger partial charge in [-0.15, -0.1) is 0 Å². The maximum Gasteiger partial charge on any atom is 0.0773 e. The van der Waals surface area contributed by atoms with Crippen LogP contribution in [0.4, 0.5) is 0 Å². The smallest absolute Gasteiger partial charge is 0.0773 e. The summed E-state index contributed by atoms with van der Waals surface area (Å²) < 4.78 is 1.99. The number of hydrogen-bond donors (Lipinski definition) is 1. The van der Waals surface area contributed by atoms with Crippen molar-refractivity contribution >= 4 is 31.9 Å². The van der Waals surface area contributed by atoms with Gasteiger partial charge in [0.1, 0.15) is 0 Å². The zero-order valence-electron chi connectivity index (χ0n) is 6.94. The van der Waals surface area contributed by atoms with Crippen LogP contribution >= 0.6 is 31.9 Å². The molecule has 12 heavy (non-hydrogen) atoms. The van der Waals surface area contributed by atoms with Crippen LogP contribution in [-0.4, -0.2) is 5.11 Å². The lowest BCUT2D eigenvalue weighted by atomic mass is 10.1. The molecule has 66 valence electrons. The minimum absolute atomic E-state index is 0.434. The Labute approximate surface area is 89.1 Å². The number of halogens is 2. The van der Waals surface area contributed by atoms with Crippen molar-refractivity contribution in [2.75, 3.05) is 0 Å². The highest BCUT2D eigenvalue weighted by Gasteiger charge is 2.07. The molecule has 0 fully saturated rings. The van der Waals surface area contributed by atoms with Crippen molar-refractivity contribution in [1.29, 1.82) is 0 Å². The zero-order valence-corrected chi connectivity index (χ0v) is 10.1. The Hall–Kier alpha value is 0.140. The molecule has 1 atom stereocenters. The molecular formula is C9H10Br2O. The molecule has 0 aliphatic rings. The Balaban J connectivity index is 3.23. The molecule has 0 saturated heterocycles. The summed E-state index contributed by atoms with van der Waals surface area (Å²) in [5.41, 5.74) is 2.07. The first-order valence-electron chi connectivity index (χ1n) is 3.66. The third kappa shape index (κ3) is 2.09. The van der Waals surface area contributed by atoms with E-state index in [4.69, 9.17) is 0 Å². The summed E-state index contributed by atoms with van der Waals surface area (Å²) in [7, 11) is 0. The predicted octanol–water partition coefficient (Wildman–Crippen LogP) is 3.57. The van der Waals surface area contributed by atoms with E-state index in [1.54, 1.807) is 6.92 Å². The zero-order chi connectivity index (χ0) is 9.30. The largest absolute Gasteiger partial charge is 0.389 e. The second-order valence-electron chi connectivity index (χ2n) is 2.80. The summed E-state index contributed by atoms with van der Waals surface area (Å²) in [4.78, 5) is 0. The lowest BCUT2D eigenvalue weighted by molar-refractivity contribution is 0.198. The summed E-state index contributed by atoms with van der Waals surface area (Å²) in [6.45, 7) is 3.77. The molecule has 0 aliphatic heterocycles. The predicted molar refractivity (Wildman–Crippen MR) is 57.2 cm³/mol. The van der Waals surface area contributed by atoms with Crippen LogP contribution in [0.1, 0.15) is 24.2 Å². The van der Waals surface area contributed by atoms with E-state index in [1.807, 2.05) is 19.1 Å². The van der Waals surface area contributed by atoms with Gasteiger partial charge in [-0.2, -0.15) is 0 Å². The number of aliphatic hydroxyl groups is 1. The first kappa shape index (κ1) is 10.2. The maximum absolute atomic E-state index is 9.37. The highest BCUT2D eigenvalue weighted by molar-refractivity contribution is 9.11. The number of aryl methyl sites for hydroxylation is 1. The summed E-state index contributed by atoms with van der Waals surface area (Å²) in [6, 6.07) is 3.93. The fraction of sp³-hybridized carbons (Fsp3) is 0.333. The van der Waals surface area contributed by atoms with Gasteiger partial charge in [0.25, 0.3) is 0 Å². The molecule has 0 unspecified atom stereocenters. The van der Waals surface area contributed by atoms with Gasteiger partial charge in [0.2, 0.25) is 0 Å². The van der Waals surface area contributed by atoms with Crippen molar-refractivity contribution in [1.82, 2.24) is 0 Å². The molecule has 1 aromatic rings. The highest BCUT2D eigenvalue weighted by atomic mass is 79.9. The third-order valence-electron chi connectivity index (χ3n) is 1.73. The van der Waals surface area contributed by atoms with Gasteiger partial charge in [-0.3, -0.25) is 0 Å². The summed E-state index contributed by atoms with van der Waals surface area (Å²) in [6.07, 6.45) is -0.434. The molecular weight excluding hydrogens is 284 g/mol. The molecule has 0 bridgehead atoms. The molecule has 1 N–H and O–H groups in total. The van der Waals surface area contributed by atoms with E-state index in [0.29, 0.717) is 0 Å². The molecule has 3 heteroatoms. The molecule has 1 aromatic carbocycles. The monoisotopic (exact) mass is 292 g/mol.